The van der Waals surface area contributed by atoms with E-state index in [1.165, 1.54) is 0 Å². The molecule has 18 heavy (non-hydrogen) atoms. The Morgan fingerprint density at radius 1 is 1.39 bits per heavy atom. The van der Waals surface area contributed by atoms with E-state index in [0.717, 1.165) is 33.7 Å². The molecular weight excluding hydrogens is 290 g/mol. The molecule has 0 saturated carbocycles. The van der Waals surface area contributed by atoms with Crippen LogP contribution in [0.1, 0.15) is 18.4 Å². The quantitative estimate of drug-likeness (QED) is 0.910. The van der Waals surface area contributed by atoms with Gasteiger partial charge in [0.05, 0.1) is 5.69 Å². The fraction of sp³-hybridized carbons (Fsp3) is 0.357. The molecule has 0 bridgehead atoms. The van der Waals surface area contributed by atoms with Gasteiger partial charge >= 0.3 is 0 Å². The Bertz CT molecular complexity index is 534. The highest BCUT2D eigenvalue weighted by Crippen LogP contribution is 2.29. The van der Waals surface area contributed by atoms with E-state index < -0.39 is 0 Å². The number of aryl methyl sites for hydroxylation is 1. The van der Waals surface area contributed by atoms with Crippen LogP contribution in [-0.2, 0) is 6.42 Å². The lowest BCUT2D eigenvalue weighted by Crippen LogP contribution is -2.13. The largest absolute Gasteiger partial charge is 0.346 e. The smallest absolute Gasteiger partial charge is 0.107 e. The summed E-state index contributed by atoms with van der Waals surface area (Å²) in [5, 5.41) is 0. The number of H-pyrrole nitrogens is 1. The zero-order valence-electron chi connectivity index (χ0n) is 10.7. The van der Waals surface area contributed by atoms with Crippen LogP contribution in [0.4, 0.5) is 0 Å². The van der Waals surface area contributed by atoms with Crippen LogP contribution in [-0.4, -0.2) is 16.5 Å². The number of hydrogen-bond donors (Lipinski definition) is 2. The molecule has 1 unspecified atom stereocenters. The minimum absolute atomic E-state index is 0.447. The molecule has 1 aromatic heterocycles. The normalized spacial score (nSPS) is 12.7. The van der Waals surface area contributed by atoms with Gasteiger partial charge in [0.15, 0.2) is 0 Å². The van der Waals surface area contributed by atoms with Crippen molar-refractivity contribution in [2.45, 2.75) is 20.3 Å². The maximum Gasteiger partial charge on any atom is 0.107 e. The van der Waals surface area contributed by atoms with Gasteiger partial charge in [0.25, 0.3) is 0 Å². The minimum Gasteiger partial charge on any atom is -0.346 e. The first-order valence-corrected chi connectivity index (χ1v) is 6.91. The molecule has 4 heteroatoms. The fourth-order valence-electron chi connectivity index (χ4n) is 1.95. The molecule has 3 N–H and O–H groups in total. The van der Waals surface area contributed by atoms with Crippen molar-refractivity contribution in [2.75, 3.05) is 6.54 Å². The second-order valence-electron chi connectivity index (χ2n) is 4.68. The summed E-state index contributed by atoms with van der Waals surface area (Å²) in [5.41, 5.74) is 8.89. The zero-order valence-corrected chi connectivity index (χ0v) is 12.3. The van der Waals surface area contributed by atoms with Crippen molar-refractivity contribution >= 4 is 15.9 Å². The number of nitrogens with zero attached hydrogens (tertiary/aromatic N) is 1. The second-order valence-corrected chi connectivity index (χ2v) is 5.54. The molecule has 0 aliphatic carbocycles. The SMILES string of the molecule is Cc1[nH]c(CC(C)CN)nc1-c1ccccc1Br. The van der Waals surface area contributed by atoms with Gasteiger partial charge in [-0.3, -0.25) is 0 Å². The van der Waals surface area contributed by atoms with E-state index >= 15 is 0 Å². The summed E-state index contributed by atoms with van der Waals surface area (Å²) in [6, 6.07) is 8.14. The standard InChI is InChI=1S/C14H18BrN3/c1-9(8-16)7-13-17-10(2)14(18-13)11-5-3-4-6-12(11)15/h3-6,9H,7-8,16H2,1-2H3,(H,17,18). The monoisotopic (exact) mass is 307 g/mol. The molecule has 1 atom stereocenters. The van der Waals surface area contributed by atoms with Gasteiger partial charge in [-0.05, 0) is 25.5 Å². The second kappa shape index (κ2) is 5.67. The van der Waals surface area contributed by atoms with Crippen molar-refractivity contribution < 1.29 is 0 Å². The van der Waals surface area contributed by atoms with E-state index in [0.29, 0.717) is 12.5 Å². The maximum absolute atomic E-state index is 5.65. The predicted octanol–water partition coefficient (Wildman–Crippen LogP) is 3.28. The van der Waals surface area contributed by atoms with E-state index in [4.69, 9.17) is 5.73 Å². The van der Waals surface area contributed by atoms with Crippen LogP contribution >= 0.6 is 15.9 Å². The van der Waals surface area contributed by atoms with Gasteiger partial charge in [0.2, 0.25) is 0 Å². The topological polar surface area (TPSA) is 54.7 Å². The summed E-state index contributed by atoms with van der Waals surface area (Å²) in [7, 11) is 0. The van der Waals surface area contributed by atoms with Gasteiger partial charge in [0, 0.05) is 22.2 Å². The third kappa shape index (κ3) is 2.82. The van der Waals surface area contributed by atoms with Crippen molar-refractivity contribution in [1.82, 2.24) is 9.97 Å². The van der Waals surface area contributed by atoms with Gasteiger partial charge in [-0.15, -0.1) is 0 Å². The van der Waals surface area contributed by atoms with Crippen molar-refractivity contribution in [3.8, 4) is 11.3 Å². The average Bonchev–Trinajstić information content (AvgIpc) is 2.70. The van der Waals surface area contributed by atoms with Crippen LogP contribution < -0.4 is 5.73 Å². The van der Waals surface area contributed by atoms with E-state index in [9.17, 15) is 0 Å². The van der Waals surface area contributed by atoms with Crippen LogP contribution in [0.3, 0.4) is 0 Å². The number of hydrogen-bond acceptors (Lipinski definition) is 2. The molecule has 0 spiro atoms. The maximum atomic E-state index is 5.65. The summed E-state index contributed by atoms with van der Waals surface area (Å²) >= 11 is 3.57. The number of nitrogens with two attached hydrogens (primary N) is 1. The number of rotatable bonds is 4. The Morgan fingerprint density at radius 2 is 2.11 bits per heavy atom. The van der Waals surface area contributed by atoms with Crippen molar-refractivity contribution in [3.63, 3.8) is 0 Å². The number of aromatic nitrogens is 2. The summed E-state index contributed by atoms with van der Waals surface area (Å²) in [5.74, 6) is 1.46. The van der Waals surface area contributed by atoms with E-state index in [-0.39, 0.29) is 0 Å². The summed E-state index contributed by atoms with van der Waals surface area (Å²) in [6.07, 6.45) is 0.891. The van der Waals surface area contributed by atoms with Crippen LogP contribution in [0.2, 0.25) is 0 Å². The summed E-state index contributed by atoms with van der Waals surface area (Å²) < 4.78 is 1.07. The van der Waals surface area contributed by atoms with Gasteiger partial charge < -0.3 is 10.7 Å². The number of halogens is 1. The number of nitrogens with one attached hydrogen (secondary N) is 1. The van der Waals surface area contributed by atoms with Crippen LogP contribution in [0, 0.1) is 12.8 Å². The Kier molecular flexibility index (Phi) is 4.19. The van der Waals surface area contributed by atoms with Crippen molar-refractivity contribution in [2.24, 2.45) is 11.7 Å². The molecular formula is C14H18BrN3. The molecule has 1 heterocycles. The van der Waals surface area contributed by atoms with Crippen molar-refractivity contribution in [3.05, 3.63) is 40.3 Å². The minimum atomic E-state index is 0.447. The van der Waals surface area contributed by atoms with Crippen LogP contribution in [0.15, 0.2) is 28.7 Å². The van der Waals surface area contributed by atoms with Gasteiger partial charge in [-0.1, -0.05) is 41.1 Å². The highest BCUT2D eigenvalue weighted by molar-refractivity contribution is 9.10. The van der Waals surface area contributed by atoms with Crippen molar-refractivity contribution in [1.29, 1.82) is 0 Å². The first-order chi connectivity index (χ1) is 8.61. The molecule has 2 aromatic rings. The molecule has 2 rings (SSSR count). The number of aromatic amines is 1. The molecule has 0 amide bonds. The molecule has 96 valence electrons. The average molecular weight is 308 g/mol. The number of imidazole rings is 1. The zero-order chi connectivity index (χ0) is 13.1. The molecule has 0 radical (unpaired) electrons. The van der Waals surface area contributed by atoms with E-state index in [2.05, 4.69) is 45.8 Å². The number of benzene rings is 1. The third-order valence-corrected chi connectivity index (χ3v) is 3.70. The molecule has 0 aliphatic heterocycles. The molecule has 3 nitrogen and oxygen atoms in total. The van der Waals surface area contributed by atoms with Gasteiger partial charge in [0.1, 0.15) is 5.82 Å². The molecule has 0 aliphatic rings. The first kappa shape index (κ1) is 13.3. The Balaban J connectivity index is 2.33. The predicted molar refractivity (Wildman–Crippen MR) is 78.4 cm³/mol. The lowest BCUT2D eigenvalue weighted by atomic mass is 10.1. The third-order valence-electron chi connectivity index (χ3n) is 3.01. The Morgan fingerprint density at radius 3 is 2.78 bits per heavy atom. The Labute approximate surface area is 116 Å². The van der Waals surface area contributed by atoms with Gasteiger partial charge in [-0.25, -0.2) is 4.98 Å². The first-order valence-electron chi connectivity index (χ1n) is 6.12. The molecule has 0 saturated heterocycles. The van der Waals surface area contributed by atoms with Gasteiger partial charge in [-0.2, -0.15) is 0 Å². The lowest BCUT2D eigenvalue weighted by Gasteiger charge is -2.04. The highest BCUT2D eigenvalue weighted by Gasteiger charge is 2.12. The fourth-order valence-corrected chi connectivity index (χ4v) is 2.42. The van der Waals surface area contributed by atoms with Crippen LogP contribution in [0.25, 0.3) is 11.3 Å². The van der Waals surface area contributed by atoms with E-state index in [1.54, 1.807) is 0 Å². The lowest BCUT2D eigenvalue weighted by molar-refractivity contribution is 0.577. The van der Waals surface area contributed by atoms with Crippen LogP contribution in [0.5, 0.6) is 0 Å². The summed E-state index contributed by atoms with van der Waals surface area (Å²) in [6.45, 7) is 4.87. The summed E-state index contributed by atoms with van der Waals surface area (Å²) in [4.78, 5) is 8.04. The molecule has 0 fully saturated rings. The Hall–Kier alpha value is -1.13. The van der Waals surface area contributed by atoms with E-state index in [1.807, 2.05) is 18.2 Å². The molecule has 1 aromatic carbocycles. The highest BCUT2D eigenvalue weighted by atomic mass is 79.9.